The highest BCUT2D eigenvalue weighted by Gasteiger charge is 2.36. The Hall–Kier alpha value is -4.72. The number of hydrogen-bond donors (Lipinski definition) is 1. The van der Waals surface area contributed by atoms with Crippen LogP contribution in [-0.4, -0.2) is 40.3 Å². The monoisotopic (exact) mass is 542 g/mol. The van der Waals surface area contributed by atoms with Gasteiger partial charge in [0.1, 0.15) is 5.75 Å². The molecule has 0 aliphatic heterocycles. The van der Waals surface area contributed by atoms with E-state index in [9.17, 15) is 9.59 Å². The number of nitrogens with zero attached hydrogens (tertiary/aromatic N) is 1. The number of hydrogen-bond acceptors (Lipinski definition) is 6. The Balaban J connectivity index is 1.70. The van der Waals surface area contributed by atoms with Gasteiger partial charge < -0.3 is 29.6 Å². The number of anilines is 1. The molecule has 0 heterocycles. The highest BCUT2D eigenvalue weighted by atomic mass is 16.5. The second-order valence-corrected chi connectivity index (χ2v) is 9.50. The van der Waals surface area contributed by atoms with E-state index in [-0.39, 0.29) is 12.5 Å². The second-order valence-electron chi connectivity index (χ2n) is 9.50. The quantitative estimate of drug-likeness (QED) is 0.372. The van der Waals surface area contributed by atoms with Gasteiger partial charge >= 0.3 is 0 Å². The van der Waals surface area contributed by atoms with Gasteiger partial charge in [0.25, 0.3) is 5.91 Å². The largest absolute Gasteiger partial charge is 0.497 e. The summed E-state index contributed by atoms with van der Waals surface area (Å²) in [6, 6.07) is 20.7. The Bertz CT molecular complexity index is 1390. The second kappa shape index (κ2) is 12.4. The van der Waals surface area contributed by atoms with Crippen molar-refractivity contribution in [3.63, 3.8) is 0 Å². The first-order valence-electron chi connectivity index (χ1n) is 12.8. The number of primary amides is 1. The predicted octanol–water partition coefficient (Wildman–Crippen LogP) is 4.85. The van der Waals surface area contributed by atoms with E-state index in [1.165, 1.54) is 21.3 Å². The smallest absolute Gasteiger partial charge is 0.258 e. The number of methoxy groups -OCH3 is 4. The molecule has 208 valence electrons. The summed E-state index contributed by atoms with van der Waals surface area (Å²) < 4.78 is 21.9. The number of carbonyl (C=O) groups is 2. The summed E-state index contributed by atoms with van der Waals surface area (Å²) in [6.45, 7) is 0.262. The van der Waals surface area contributed by atoms with Crippen LogP contribution in [0.5, 0.6) is 23.0 Å². The molecule has 0 saturated heterocycles. The SMILES string of the molecule is COc1ccc(CN(C(=O)C2=CCC(Cc3ccccc3)(C(N)=O)C=C2)c2cc(OC)c(OC)c(OC)c2)cc1. The Kier molecular flexibility index (Phi) is 8.79. The Morgan fingerprint density at radius 2 is 1.50 bits per heavy atom. The average Bonchev–Trinajstić information content (AvgIpc) is 2.99. The molecular weight excluding hydrogens is 508 g/mol. The summed E-state index contributed by atoms with van der Waals surface area (Å²) in [4.78, 5) is 28.3. The third kappa shape index (κ3) is 5.96. The van der Waals surface area contributed by atoms with Crippen LogP contribution in [0.15, 0.2) is 90.5 Å². The van der Waals surface area contributed by atoms with Gasteiger partial charge in [0.2, 0.25) is 11.7 Å². The van der Waals surface area contributed by atoms with Crippen LogP contribution in [0.25, 0.3) is 0 Å². The van der Waals surface area contributed by atoms with Gasteiger partial charge in [0.05, 0.1) is 46.1 Å². The van der Waals surface area contributed by atoms with Gasteiger partial charge in [0, 0.05) is 17.7 Å². The molecule has 0 aromatic heterocycles. The number of ether oxygens (including phenoxy) is 4. The topological polar surface area (TPSA) is 100 Å². The molecule has 40 heavy (non-hydrogen) atoms. The first-order chi connectivity index (χ1) is 19.3. The van der Waals surface area contributed by atoms with Crippen LogP contribution in [0, 0.1) is 5.41 Å². The van der Waals surface area contributed by atoms with Crippen molar-refractivity contribution in [1.82, 2.24) is 0 Å². The summed E-state index contributed by atoms with van der Waals surface area (Å²) in [5.41, 5.74) is 7.84. The number of carbonyl (C=O) groups excluding carboxylic acids is 2. The normalized spacial score (nSPS) is 16.1. The van der Waals surface area contributed by atoms with Gasteiger partial charge in [-0.05, 0) is 36.1 Å². The maximum Gasteiger partial charge on any atom is 0.258 e. The molecule has 1 atom stereocenters. The van der Waals surface area contributed by atoms with Gasteiger partial charge in [-0.25, -0.2) is 0 Å². The van der Waals surface area contributed by atoms with Crippen molar-refractivity contribution in [3.8, 4) is 23.0 Å². The first-order valence-corrected chi connectivity index (χ1v) is 12.8. The number of amides is 2. The summed E-state index contributed by atoms with van der Waals surface area (Å²) >= 11 is 0. The van der Waals surface area contributed by atoms with E-state index in [0.717, 1.165) is 11.1 Å². The average molecular weight is 543 g/mol. The Morgan fingerprint density at radius 1 is 0.850 bits per heavy atom. The standard InChI is InChI=1S/C32H34N2O6/c1-37-26-12-10-23(11-13-26)21-34(25-18-27(38-2)29(40-4)28(19-25)39-3)30(35)24-14-16-32(17-15-24,31(33)36)20-22-8-6-5-7-9-22/h5-16,18-19H,17,20-21H2,1-4H3,(H2,33,36). The van der Waals surface area contributed by atoms with Crippen LogP contribution in [0.3, 0.4) is 0 Å². The van der Waals surface area contributed by atoms with E-state index in [1.807, 2.05) is 54.6 Å². The van der Waals surface area contributed by atoms with E-state index in [0.29, 0.717) is 47.1 Å². The number of nitrogens with two attached hydrogens (primary N) is 1. The molecule has 1 aliphatic carbocycles. The highest BCUT2D eigenvalue weighted by molar-refractivity contribution is 6.08. The van der Waals surface area contributed by atoms with Crippen LogP contribution in [0.4, 0.5) is 5.69 Å². The lowest BCUT2D eigenvalue weighted by atomic mass is 9.74. The molecular formula is C32H34N2O6. The van der Waals surface area contributed by atoms with Gasteiger partial charge in [-0.3, -0.25) is 9.59 Å². The first kappa shape index (κ1) is 28.3. The molecule has 0 spiro atoms. The van der Waals surface area contributed by atoms with E-state index in [4.69, 9.17) is 24.7 Å². The lowest BCUT2D eigenvalue weighted by Gasteiger charge is -2.31. The van der Waals surface area contributed by atoms with Gasteiger partial charge in [-0.2, -0.15) is 0 Å². The van der Waals surface area contributed by atoms with E-state index in [1.54, 1.807) is 42.4 Å². The van der Waals surface area contributed by atoms with Crippen LogP contribution in [-0.2, 0) is 22.6 Å². The molecule has 2 amide bonds. The van der Waals surface area contributed by atoms with Gasteiger partial charge in [-0.15, -0.1) is 0 Å². The minimum absolute atomic E-state index is 0.251. The molecule has 0 radical (unpaired) electrons. The van der Waals surface area contributed by atoms with Gasteiger partial charge in [0.15, 0.2) is 11.5 Å². The molecule has 4 rings (SSSR count). The van der Waals surface area contributed by atoms with Crippen LogP contribution in [0.2, 0.25) is 0 Å². The third-order valence-electron chi connectivity index (χ3n) is 7.07. The lowest BCUT2D eigenvalue weighted by Crippen LogP contribution is -2.39. The van der Waals surface area contributed by atoms with E-state index < -0.39 is 11.3 Å². The fourth-order valence-corrected chi connectivity index (χ4v) is 4.77. The lowest BCUT2D eigenvalue weighted by molar-refractivity contribution is -0.125. The molecule has 2 N–H and O–H groups in total. The van der Waals surface area contributed by atoms with Gasteiger partial charge in [-0.1, -0.05) is 60.7 Å². The molecule has 1 aliphatic rings. The number of benzene rings is 3. The van der Waals surface area contributed by atoms with Crippen molar-refractivity contribution in [3.05, 3.63) is 102 Å². The summed E-state index contributed by atoms with van der Waals surface area (Å²) in [7, 11) is 6.18. The molecule has 1 unspecified atom stereocenters. The van der Waals surface area contributed by atoms with E-state index in [2.05, 4.69) is 0 Å². The number of rotatable bonds is 11. The van der Waals surface area contributed by atoms with Crippen LogP contribution in [0.1, 0.15) is 17.5 Å². The van der Waals surface area contributed by atoms with Crippen molar-refractivity contribution < 1.29 is 28.5 Å². The van der Waals surface area contributed by atoms with Crippen molar-refractivity contribution in [1.29, 1.82) is 0 Å². The third-order valence-corrected chi connectivity index (χ3v) is 7.07. The molecule has 0 fully saturated rings. The van der Waals surface area contributed by atoms with Crippen molar-refractivity contribution in [2.75, 3.05) is 33.3 Å². The molecule has 0 saturated carbocycles. The fourth-order valence-electron chi connectivity index (χ4n) is 4.77. The molecule has 8 heteroatoms. The highest BCUT2D eigenvalue weighted by Crippen LogP contribution is 2.42. The maximum atomic E-state index is 14.1. The molecule has 3 aromatic carbocycles. The zero-order valence-electron chi connectivity index (χ0n) is 23.2. The summed E-state index contributed by atoms with van der Waals surface area (Å²) in [5, 5.41) is 0. The number of allylic oxidation sites excluding steroid dienone is 1. The summed E-state index contributed by atoms with van der Waals surface area (Å²) in [5.74, 6) is 1.30. The minimum Gasteiger partial charge on any atom is -0.497 e. The fraction of sp³-hybridized carbons (Fsp3) is 0.250. The van der Waals surface area contributed by atoms with E-state index >= 15 is 0 Å². The molecule has 3 aromatic rings. The minimum atomic E-state index is -0.918. The van der Waals surface area contributed by atoms with Crippen molar-refractivity contribution in [2.45, 2.75) is 19.4 Å². The predicted molar refractivity (Wildman–Crippen MR) is 154 cm³/mol. The summed E-state index contributed by atoms with van der Waals surface area (Å²) in [6.07, 6.45) is 5.99. The van der Waals surface area contributed by atoms with Crippen LogP contribution < -0.4 is 29.6 Å². The Labute approximate surface area is 234 Å². The molecule has 8 nitrogen and oxygen atoms in total. The molecule has 0 bridgehead atoms. The maximum absolute atomic E-state index is 14.1. The van der Waals surface area contributed by atoms with Crippen molar-refractivity contribution >= 4 is 17.5 Å². The Morgan fingerprint density at radius 3 is 2.00 bits per heavy atom. The van der Waals surface area contributed by atoms with Crippen LogP contribution >= 0.6 is 0 Å². The van der Waals surface area contributed by atoms with Crippen molar-refractivity contribution in [2.24, 2.45) is 11.1 Å². The zero-order valence-corrected chi connectivity index (χ0v) is 23.2. The zero-order chi connectivity index (χ0) is 28.7.